The van der Waals surface area contributed by atoms with Gasteiger partial charge in [-0.15, -0.1) is 0 Å². The summed E-state index contributed by atoms with van der Waals surface area (Å²) in [6.45, 7) is 12.2. The lowest BCUT2D eigenvalue weighted by molar-refractivity contribution is 0.0488. The topological polar surface area (TPSA) is 226 Å². The van der Waals surface area contributed by atoms with E-state index in [2.05, 4.69) is 20.6 Å². The van der Waals surface area contributed by atoms with E-state index in [1.807, 2.05) is 9.80 Å². The zero-order chi connectivity index (χ0) is 54.8. The molecule has 0 saturated carbocycles. The Bertz CT molecular complexity index is 3310. The number of fused-ring (bicyclic) bond motifs is 2. The molecule has 0 unspecified atom stereocenters. The van der Waals surface area contributed by atoms with Gasteiger partial charge in [0.25, 0.3) is 11.1 Å². The summed E-state index contributed by atoms with van der Waals surface area (Å²) in [5, 5.41) is 16.5. The minimum Gasteiger partial charge on any atom is -0.477 e. The van der Waals surface area contributed by atoms with Gasteiger partial charge in [-0.3, -0.25) is 9.59 Å². The molecule has 2 aliphatic rings. The smallest absolute Gasteiger partial charge is 0.407 e. The van der Waals surface area contributed by atoms with Gasteiger partial charge in [0.1, 0.15) is 67.7 Å². The van der Waals surface area contributed by atoms with Crippen molar-refractivity contribution >= 4 is 81.0 Å². The van der Waals surface area contributed by atoms with E-state index in [-0.39, 0.29) is 81.3 Å². The highest BCUT2D eigenvalue weighted by molar-refractivity contribution is 6.31. The first-order valence-electron chi connectivity index (χ1n) is 24.1. The molecule has 2 aromatic carbocycles. The molecule has 2 atom stereocenters. The highest BCUT2D eigenvalue weighted by Gasteiger charge is 2.36. The van der Waals surface area contributed by atoms with Crippen molar-refractivity contribution in [3.05, 3.63) is 114 Å². The molecule has 0 bridgehead atoms. The number of aromatic nitrogens is 6. The van der Waals surface area contributed by atoms with Crippen LogP contribution in [0.2, 0.25) is 10.0 Å². The number of methoxy groups -OCH3 is 1. The summed E-state index contributed by atoms with van der Waals surface area (Å²) in [6, 6.07) is 7.25. The minimum absolute atomic E-state index is 0.00101. The number of carbonyl (C=O) groups excluding carboxylic acids is 3. The number of halogens is 4. The molecule has 2 saturated heterocycles. The van der Waals surface area contributed by atoms with Crippen LogP contribution in [-0.4, -0.2) is 114 Å². The van der Waals surface area contributed by atoms with Crippen LogP contribution in [0.3, 0.4) is 0 Å². The second-order valence-electron chi connectivity index (χ2n) is 20.4. The van der Waals surface area contributed by atoms with Crippen LogP contribution < -0.4 is 31.6 Å². The van der Waals surface area contributed by atoms with E-state index in [1.54, 1.807) is 53.2 Å². The number of esters is 1. The highest BCUT2D eigenvalue weighted by Crippen LogP contribution is 2.36. The summed E-state index contributed by atoms with van der Waals surface area (Å²) < 4.78 is 49.8. The maximum absolute atomic E-state index is 14.2. The zero-order valence-corrected chi connectivity index (χ0v) is 44.6. The molecule has 4 aromatic heterocycles. The van der Waals surface area contributed by atoms with Crippen molar-refractivity contribution in [3.8, 4) is 0 Å². The van der Waals surface area contributed by atoms with E-state index in [9.17, 15) is 42.7 Å². The van der Waals surface area contributed by atoms with Gasteiger partial charge in [-0.1, -0.05) is 23.2 Å². The molecular formula is C51H60Cl2F2N10O10. The van der Waals surface area contributed by atoms with Crippen LogP contribution in [0.15, 0.2) is 58.6 Å². The number of anilines is 2. The van der Waals surface area contributed by atoms with Crippen LogP contribution in [-0.2, 0) is 41.4 Å². The van der Waals surface area contributed by atoms with Crippen molar-refractivity contribution in [2.75, 3.05) is 43.1 Å². The monoisotopic (exact) mass is 1080 g/mol. The van der Waals surface area contributed by atoms with Gasteiger partial charge in [-0.05, 0) is 115 Å². The highest BCUT2D eigenvalue weighted by atomic mass is 35.5. The van der Waals surface area contributed by atoms with Crippen LogP contribution in [0.4, 0.5) is 30.0 Å². The number of piperidine rings is 2. The Labute approximate surface area is 440 Å². The van der Waals surface area contributed by atoms with Gasteiger partial charge in [0, 0.05) is 62.4 Å². The normalized spacial score (nSPS) is 16.1. The maximum atomic E-state index is 14.2. The molecule has 20 nitrogen and oxygen atoms in total. The molecule has 0 aliphatic carbocycles. The number of nitrogens with one attached hydrogen (secondary N) is 2. The number of carboxylic acid groups (broad SMARTS) is 1. The molecule has 24 heteroatoms. The summed E-state index contributed by atoms with van der Waals surface area (Å²) in [6.07, 6.45) is 4.18. The molecule has 402 valence electrons. The van der Waals surface area contributed by atoms with Gasteiger partial charge in [-0.2, -0.15) is 0 Å². The standard InChI is InChI=1S/C26H31ClFN5O5.C25H29ClFN5O5/c1-26(2,3)38-25(36)30-17-7-6-10-32(13-17)22-19(24(35)37-5)20-21(23(34)31(4)14-29-20)33(22)12-15-11-16(28)8-9-18(15)27;1-25(2,3)37-24(36)29-16-6-5-9-31(12-16)21-18(23(34)35)19-20(22(33)30(4)13-28-19)32(21)11-14-10-15(27)7-8-17(14)26/h8-9,11,14,17H,6-7,10,12-13H2,1-5H3,(H,30,36);7-8,10,13,16H,5-6,9,11-12H2,1-4H3,(H,29,36)(H,34,35)/t17-;16-/m11/s1. The van der Waals surface area contributed by atoms with Crippen molar-refractivity contribution in [1.29, 1.82) is 0 Å². The van der Waals surface area contributed by atoms with Gasteiger partial charge >= 0.3 is 24.1 Å². The predicted octanol–water partition coefficient (Wildman–Crippen LogP) is 7.62. The third kappa shape index (κ3) is 12.7. The second-order valence-corrected chi connectivity index (χ2v) is 21.2. The average Bonchev–Trinajstić information content (AvgIpc) is 3.83. The summed E-state index contributed by atoms with van der Waals surface area (Å²) in [4.78, 5) is 89.4. The van der Waals surface area contributed by atoms with E-state index in [0.29, 0.717) is 67.3 Å². The first kappa shape index (κ1) is 55.5. The number of nitrogens with zero attached hydrogens (tertiary/aromatic N) is 8. The maximum Gasteiger partial charge on any atom is 0.407 e. The number of aromatic carboxylic acids is 1. The lowest BCUT2D eigenvalue weighted by atomic mass is 10.1. The Morgan fingerprint density at radius 3 is 1.48 bits per heavy atom. The lowest BCUT2D eigenvalue weighted by Crippen LogP contribution is -2.49. The Morgan fingerprint density at radius 2 is 1.09 bits per heavy atom. The Kier molecular flexibility index (Phi) is 16.5. The largest absolute Gasteiger partial charge is 0.477 e. The Balaban J connectivity index is 0.000000219. The summed E-state index contributed by atoms with van der Waals surface area (Å²) in [5.41, 5.74) is -0.959. The SMILES string of the molecule is COC(=O)c1c(N2CCC[C@@H](NC(=O)OC(C)(C)C)C2)n(Cc2cc(F)ccc2Cl)c2c(=O)n(C)cnc12.Cn1cnc2c(C(=O)O)c(N3CCC[C@@H](NC(=O)OC(C)(C)C)C3)n(Cc3cc(F)ccc3Cl)c2c1=O. The summed E-state index contributed by atoms with van der Waals surface area (Å²) in [5.74, 6) is -2.29. The fourth-order valence-electron chi connectivity index (χ4n) is 9.24. The number of rotatable bonds is 10. The molecule has 0 radical (unpaired) electrons. The number of hydrogen-bond acceptors (Lipinski definition) is 13. The molecule has 2 aliphatic heterocycles. The van der Waals surface area contributed by atoms with Crippen LogP contribution >= 0.6 is 23.2 Å². The van der Waals surface area contributed by atoms with Gasteiger partial charge in [0.05, 0.1) is 32.9 Å². The first-order chi connectivity index (χ1) is 35.2. The molecule has 75 heavy (non-hydrogen) atoms. The molecule has 6 heterocycles. The Morgan fingerprint density at radius 1 is 0.693 bits per heavy atom. The van der Waals surface area contributed by atoms with Crippen molar-refractivity contribution in [2.45, 2.75) is 104 Å². The molecular weight excluding hydrogens is 1020 g/mol. The van der Waals surface area contributed by atoms with Crippen molar-refractivity contribution in [1.82, 2.24) is 38.9 Å². The fraction of sp³-hybridized carbons (Fsp3) is 0.451. The summed E-state index contributed by atoms with van der Waals surface area (Å²) in [7, 11) is 4.33. The molecule has 2 amide bonds. The number of ether oxygens (including phenoxy) is 3. The van der Waals surface area contributed by atoms with Crippen LogP contribution in [0, 0.1) is 11.6 Å². The van der Waals surface area contributed by atoms with Gasteiger partial charge in [-0.25, -0.2) is 37.9 Å². The number of carbonyl (C=O) groups is 4. The quantitative estimate of drug-likeness (QED) is 0.0886. The second kappa shape index (κ2) is 22.3. The molecule has 0 spiro atoms. The number of aryl methyl sites for hydroxylation is 2. The molecule has 8 rings (SSSR count). The van der Waals surface area contributed by atoms with Gasteiger partial charge < -0.3 is 58.0 Å². The Hall–Kier alpha value is -7.20. The van der Waals surface area contributed by atoms with E-state index in [4.69, 9.17) is 37.4 Å². The van der Waals surface area contributed by atoms with E-state index in [1.165, 1.54) is 76.9 Å². The fourth-order valence-corrected chi connectivity index (χ4v) is 9.60. The minimum atomic E-state index is -1.26. The number of benzene rings is 2. The number of hydrogen-bond donors (Lipinski definition) is 3. The molecule has 2 fully saturated rings. The van der Waals surface area contributed by atoms with Crippen molar-refractivity contribution in [3.63, 3.8) is 0 Å². The zero-order valence-electron chi connectivity index (χ0n) is 43.1. The van der Waals surface area contributed by atoms with Crippen LogP contribution in [0.25, 0.3) is 22.1 Å². The number of carboxylic acids is 1. The third-order valence-electron chi connectivity index (χ3n) is 12.3. The first-order valence-corrected chi connectivity index (χ1v) is 24.8. The van der Waals surface area contributed by atoms with E-state index >= 15 is 0 Å². The van der Waals surface area contributed by atoms with Crippen LogP contribution in [0.5, 0.6) is 0 Å². The van der Waals surface area contributed by atoms with Crippen LogP contribution in [0.1, 0.15) is 99.1 Å². The molecule has 6 aromatic rings. The number of amides is 2. The summed E-state index contributed by atoms with van der Waals surface area (Å²) >= 11 is 12.7. The number of alkyl carbamates (subject to hydrolysis) is 2. The third-order valence-corrected chi connectivity index (χ3v) is 13.1. The van der Waals surface area contributed by atoms with Crippen molar-refractivity contribution in [2.24, 2.45) is 14.1 Å². The van der Waals surface area contributed by atoms with E-state index < -0.39 is 52.5 Å². The predicted molar refractivity (Wildman–Crippen MR) is 278 cm³/mol. The van der Waals surface area contributed by atoms with Gasteiger partial charge in [0.15, 0.2) is 0 Å². The molecule has 3 N–H and O–H groups in total. The van der Waals surface area contributed by atoms with E-state index in [0.717, 1.165) is 0 Å². The lowest BCUT2D eigenvalue weighted by Gasteiger charge is -2.36. The van der Waals surface area contributed by atoms with Gasteiger partial charge in [0.2, 0.25) is 0 Å². The average molecular weight is 1080 g/mol. The van der Waals surface area contributed by atoms with Crippen molar-refractivity contribution < 1.29 is 47.3 Å².